The summed E-state index contributed by atoms with van der Waals surface area (Å²) in [6.45, 7) is 5.58. The van der Waals surface area contributed by atoms with Gasteiger partial charge in [-0.1, -0.05) is 6.92 Å². The van der Waals surface area contributed by atoms with E-state index >= 15 is 0 Å². The Bertz CT molecular complexity index is 551. The molecule has 0 saturated carbocycles. The molecule has 0 aliphatic carbocycles. The van der Waals surface area contributed by atoms with E-state index in [4.69, 9.17) is 5.11 Å². The van der Waals surface area contributed by atoms with Crippen molar-refractivity contribution < 1.29 is 14.7 Å². The topological polar surface area (TPSA) is 57.6 Å². The highest BCUT2D eigenvalue weighted by Gasteiger charge is 2.23. The van der Waals surface area contributed by atoms with Gasteiger partial charge in [0.25, 0.3) is 5.91 Å². The Morgan fingerprint density at radius 2 is 2.25 bits per heavy atom. The van der Waals surface area contributed by atoms with Crippen molar-refractivity contribution in [1.29, 1.82) is 0 Å². The highest BCUT2D eigenvalue weighted by atomic mass is 32.2. The highest BCUT2D eigenvalue weighted by molar-refractivity contribution is 7.99. The average molecular weight is 311 g/mol. The van der Waals surface area contributed by atoms with Crippen molar-refractivity contribution in [2.45, 2.75) is 19.1 Å². The Labute approximate surface area is 126 Å². The maximum atomic E-state index is 12.4. The first kappa shape index (κ1) is 15.1. The van der Waals surface area contributed by atoms with Crippen LogP contribution in [0.5, 0.6) is 0 Å². The number of rotatable bonds is 3. The number of aliphatic carboxylic acids is 1. The maximum absolute atomic E-state index is 12.4. The van der Waals surface area contributed by atoms with E-state index in [9.17, 15) is 9.59 Å². The SMILES string of the molecule is Cc1cc(C(=O)N2CCSC(C)C2)sc1/C=C/C(=O)O. The number of hydrogen-bond donors (Lipinski definition) is 1. The van der Waals surface area contributed by atoms with Crippen molar-refractivity contribution in [1.82, 2.24) is 4.90 Å². The Balaban J connectivity index is 2.14. The zero-order valence-electron chi connectivity index (χ0n) is 11.5. The molecule has 2 heterocycles. The number of carbonyl (C=O) groups excluding carboxylic acids is 1. The second-order valence-corrected chi connectivity index (χ2v) is 7.39. The Hall–Kier alpha value is -1.27. The van der Waals surface area contributed by atoms with E-state index in [1.807, 2.05) is 29.7 Å². The number of nitrogens with zero attached hydrogens (tertiary/aromatic N) is 1. The van der Waals surface area contributed by atoms with Crippen LogP contribution in [0.1, 0.15) is 27.0 Å². The molecule has 0 aromatic carbocycles. The normalized spacial score (nSPS) is 19.5. The van der Waals surface area contributed by atoms with Gasteiger partial charge in [0.1, 0.15) is 0 Å². The van der Waals surface area contributed by atoms with E-state index in [0.29, 0.717) is 10.1 Å². The maximum Gasteiger partial charge on any atom is 0.328 e. The first-order valence-electron chi connectivity index (χ1n) is 6.39. The molecular weight excluding hydrogens is 294 g/mol. The molecule has 0 bridgehead atoms. The van der Waals surface area contributed by atoms with Crippen LogP contribution in [0.4, 0.5) is 0 Å². The van der Waals surface area contributed by atoms with Crippen LogP contribution in [0.3, 0.4) is 0 Å². The number of thioether (sulfide) groups is 1. The Kier molecular flexibility index (Phi) is 4.88. The summed E-state index contributed by atoms with van der Waals surface area (Å²) in [6, 6.07) is 1.85. The third-order valence-electron chi connectivity index (χ3n) is 3.07. The van der Waals surface area contributed by atoms with Crippen LogP contribution in [0, 0.1) is 6.92 Å². The lowest BCUT2D eigenvalue weighted by atomic mass is 10.2. The predicted molar refractivity (Wildman–Crippen MR) is 83.5 cm³/mol. The molecule has 1 aromatic rings. The molecule has 1 atom stereocenters. The van der Waals surface area contributed by atoms with Gasteiger partial charge in [-0.15, -0.1) is 11.3 Å². The molecule has 20 heavy (non-hydrogen) atoms. The van der Waals surface area contributed by atoms with Gasteiger partial charge in [0.15, 0.2) is 0 Å². The van der Waals surface area contributed by atoms with Crippen molar-refractivity contribution in [2.24, 2.45) is 0 Å². The van der Waals surface area contributed by atoms with Gasteiger partial charge >= 0.3 is 5.97 Å². The van der Waals surface area contributed by atoms with Crippen molar-refractivity contribution in [3.63, 3.8) is 0 Å². The van der Waals surface area contributed by atoms with Gasteiger partial charge in [-0.2, -0.15) is 11.8 Å². The molecule has 1 unspecified atom stereocenters. The molecule has 1 amide bonds. The third kappa shape index (κ3) is 3.64. The van der Waals surface area contributed by atoms with E-state index < -0.39 is 5.97 Å². The van der Waals surface area contributed by atoms with Gasteiger partial charge in [0, 0.05) is 35.0 Å². The zero-order chi connectivity index (χ0) is 14.7. The van der Waals surface area contributed by atoms with Gasteiger partial charge in [-0.05, 0) is 24.6 Å². The number of aryl methyl sites for hydroxylation is 1. The van der Waals surface area contributed by atoms with Crippen LogP contribution in [0.25, 0.3) is 6.08 Å². The monoisotopic (exact) mass is 311 g/mol. The Morgan fingerprint density at radius 3 is 2.90 bits per heavy atom. The third-order valence-corrected chi connectivity index (χ3v) is 5.40. The lowest BCUT2D eigenvalue weighted by Crippen LogP contribution is -2.40. The molecule has 1 aromatic heterocycles. The molecule has 1 aliphatic rings. The minimum atomic E-state index is -0.979. The molecular formula is C14H17NO3S2. The summed E-state index contributed by atoms with van der Waals surface area (Å²) in [5.74, 6) is 0.0519. The van der Waals surface area contributed by atoms with Crippen LogP contribution < -0.4 is 0 Å². The van der Waals surface area contributed by atoms with Gasteiger partial charge < -0.3 is 10.0 Å². The second-order valence-electron chi connectivity index (χ2n) is 4.76. The van der Waals surface area contributed by atoms with Gasteiger partial charge in [0.2, 0.25) is 0 Å². The number of carboxylic acids is 1. The Morgan fingerprint density at radius 1 is 1.50 bits per heavy atom. The quantitative estimate of drug-likeness (QED) is 0.872. The summed E-state index contributed by atoms with van der Waals surface area (Å²) in [7, 11) is 0. The standard InChI is InChI=1S/C14H17NO3S2/c1-9-7-12(20-11(9)3-4-13(16)17)14(18)15-5-6-19-10(2)8-15/h3-4,7,10H,5-6,8H2,1-2H3,(H,16,17)/b4-3+. The smallest absolute Gasteiger partial charge is 0.328 e. The first-order chi connectivity index (χ1) is 9.47. The fraction of sp³-hybridized carbons (Fsp3) is 0.429. The summed E-state index contributed by atoms with van der Waals surface area (Å²) in [6.07, 6.45) is 2.65. The summed E-state index contributed by atoms with van der Waals surface area (Å²) in [5, 5.41) is 9.13. The molecule has 2 rings (SSSR count). The average Bonchev–Trinajstić information content (AvgIpc) is 2.77. The van der Waals surface area contributed by atoms with Crippen LogP contribution in [-0.4, -0.2) is 46.0 Å². The van der Waals surface area contributed by atoms with E-state index in [2.05, 4.69) is 6.92 Å². The molecule has 6 heteroatoms. The van der Waals surface area contributed by atoms with Gasteiger partial charge in [0.05, 0.1) is 4.88 Å². The molecule has 1 saturated heterocycles. The molecule has 1 fully saturated rings. The summed E-state index contributed by atoms with van der Waals surface area (Å²) >= 11 is 3.24. The summed E-state index contributed by atoms with van der Waals surface area (Å²) in [4.78, 5) is 26.4. The molecule has 0 radical (unpaired) electrons. The molecule has 1 aliphatic heterocycles. The number of hydrogen-bond acceptors (Lipinski definition) is 4. The number of amides is 1. The minimum absolute atomic E-state index is 0.0558. The molecule has 0 spiro atoms. The van der Waals surface area contributed by atoms with E-state index in [0.717, 1.165) is 35.4 Å². The van der Waals surface area contributed by atoms with Crippen LogP contribution in [-0.2, 0) is 4.79 Å². The number of carboxylic acid groups (broad SMARTS) is 1. The number of thiophene rings is 1. The fourth-order valence-electron chi connectivity index (χ4n) is 2.07. The largest absolute Gasteiger partial charge is 0.478 e. The lowest BCUT2D eigenvalue weighted by Gasteiger charge is -2.30. The molecule has 4 nitrogen and oxygen atoms in total. The molecule has 1 N–H and O–H groups in total. The first-order valence-corrected chi connectivity index (χ1v) is 8.26. The van der Waals surface area contributed by atoms with Gasteiger partial charge in [-0.25, -0.2) is 4.79 Å². The van der Waals surface area contributed by atoms with Crippen molar-refractivity contribution in [3.05, 3.63) is 27.5 Å². The van der Waals surface area contributed by atoms with Gasteiger partial charge in [-0.3, -0.25) is 4.79 Å². The fourth-order valence-corrected chi connectivity index (χ4v) is 4.13. The van der Waals surface area contributed by atoms with Crippen molar-refractivity contribution in [2.75, 3.05) is 18.8 Å². The lowest BCUT2D eigenvalue weighted by molar-refractivity contribution is -0.131. The summed E-state index contributed by atoms with van der Waals surface area (Å²) in [5.41, 5.74) is 0.940. The van der Waals surface area contributed by atoms with E-state index in [1.54, 1.807) is 6.08 Å². The molecule has 108 valence electrons. The zero-order valence-corrected chi connectivity index (χ0v) is 13.1. The second kappa shape index (κ2) is 6.45. The van der Waals surface area contributed by atoms with Crippen molar-refractivity contribution >= 4 is 41.1 Å². The highest BCUT2D eigenvalue weighted by Crippen LogP contribution is 2.26. The number of carbonyl (C=O) groups is 2. The van der Waals surface area contributed by atoms with Crippen molar-refractivity contribution in [3.8, 4) is 0 Å². The van der Waals surface area contributed by atoms with Crippen LogP contribution in [0.15, 0.2) is 12.1 Å². The summed E-state index contributed by atoms with van der Waals surface area (Å²) < 4.78 is 0. The van der Waals surface area contributed by atoms with Crippen LogP contribution in [0.2, 0.25) is 0 Å². The van der Waals surface area contributed by atoms with E-state index in [-0.39, 0.29) is 5.91 Å². The van der Waals surface area contributed by atoms with E-state index in [1.165, 1.54) is 11.3 Å². The van der Waals surface area contributed by atoms with Crippen LogP contribution >= 0.6 is 23.1 Å². The predicted octanol–water partition coefficient (Wildman–Crippen LogP) is 2.73. The minimum Gasteiger partial charge on any atom is -0.478 e.